The first-order valence-electron chi connectivity index (χ1n) is 7.84. The van der Waals surface area contributed by atoms with E-state index in [0.29, 0.717) is 30.5 Å². The fraction of sp³-hybridized carbons (Fsp3) is 0.625. The molecule has 0 spiro atoms. The molecule has 1 fully saturated rings. The number of hydrogen-bond donors (Lipinski definition) is 0. The summed E-state index contributed by atoms with van der Waals surface area (Å²) in [4.78, 5) is 0.128. The second-order valence-electron chi connectivity index (χ2n) is 5.98. The van der Waals surface area contributed by atoms with Crippen LogP contribution < -0.4 is 4.74 Å². The van der Waals surface area contributed by atoms with Gasteiger partial charge in [-0.2, -0.15) is 4.31 Å². The first kappa shape index (κ1) is 18.5. The van der Waals surface area contributed by atoms with Crippen LogP contribution in [0.1, 0.15) is 32.8 Å². The van der Waals surface area contributed by atoms with Gasteiger partial charge < -0.3 is 9.47 Å². The zero-order valence-electron chi connectivity index (χ0n) is 14.0. The molecular weight excluding hydrogens is 338 g/mol. The zero-order valence-corrected chi connectivity index (χ0v) is 15.6. The molecule has 0 saturated carbocycles. The summed E-state index contributed by atoms with van der Waals surface area (Å²) in [5.74, 6) is 0.362. The normalized spacial score (nSPS) is 23.0. The Morgan fingerprint density at radius 2 is 1.91 bits per heavy atom. The van der Waals surface area contributed by atoms with E-state index in [9.17, 15) is 8.42 Å². The zero-order chi connectivity index (χ0) is 17.2. The molecule has 130 valence electrons. The van der Waals surface area contributed by atoms with Crippen LogP contribution in [0.15, 0.2) is 17.0 Å². The van der Waals surface area contributed by atoms with E-state index in [1.165, 1.54) is 10.4 Å². The topological polar surface area (TPSA) is 55.8 Å². The number of benzene rings is 1. The minimum Gasteiger partial charge on any atom is -0.492 e. The van der Waals surface area contributed by atoms with Gasteiger partial charge in [-0.15, -0.1) is 0 Å². The quantitative estimate of drug-likeness (QED) is 0.807. The van der Waals surface area contributed by atoms with Gasteiger partial charge in [-0.1, -0.05) is 18.5 Å². The molecule has 0 radical (unpaired) electrons. The Balaban J connectivity index is 2.43. The first-order valence-corrected chi connectivity index (χ1v) is 9.66. The average Bonchev–Trinajstić information content (AvgIpc) is 2.47. The molecule has 0 unspecified atom stereocenters. The second-order valence-corrected chi connectivity index (χ2v) is 8.29. The van der Waals surface area contributed by atoms with Crippen molar-refractivity contribution < 1.29 is 17.9 Å². The van der Waals surface area contributed by atoms with E-state index in [2.05, 4.69) is 0 Å². The van der Waals surface area contributed by atoms with Gasteiger partial charge in [0.05, 0.1) is 18.8 Å². The van der Waals surface area contributed by atoms with E-state index >= 15 is 0 Å². The molecule has 1 heterocycles. The Hall–Kier alpha value is -0.820. The molecule has 1 saturated heterocycles. The average molecular weight is 362 g/mol. The third kappa shape index (κ3) is 4.18. The predicted molar refractivity (Wildman–Crippen MR) is 90.7 cm³/mol. The molecule has 5 nitrogen and oxygen atoms in total. The highest BCUT2D eigenvalue weighted by Gasteiger charge is 2.34. The molecule has 1 aromatic carbocycles. The van der Waals surface area contributed by atoms with Gasteiger partial charge in [0, 0.05) is 18.1 Å². The highest BCUT2D eigenvalue weighted by molar-refractivity contribution is 7.89. The van der Waals surface area contributed by atoms with Gasteiger partial charge >= 0.3 is 0 Å². The van der Waals surface area contributed by atoms with Gasteiger partial charge in [0.25, 0.3) is 0 Å². The second kappa shape index (κ2) is 7.38. The lowest BCUT2D eigenvalue weighted by molar-refractivity contribution is -0.0441. The van der Waals surface area contributed by atoms with Gasteiger partial charge in [-0.25, -0.2) is 8.42 Å². The van der Waals surface area contributed by atoms with Gasteiger partial charge in [-0.3, -0.25) is 0 Å². The highest BCUT2D eigenvalue weighted by atomic mass is 35.5. The fourth-order valence-electron chi connectivity index (χ4n) is 2.63. The fourth-order valence-corrected chi connectivity index (χ4v) is 4.59. The van der Waals surface area contributed by atoms with E-state index in [1.807, 2.05) is 27.7 Å². The van der Waals surface area contributed by atoms with Crippen LogP contribution in [0.3, 0.4) is 0 Å². The molecule has 0 amide bonds. The van der Waals surface area contributed by atoms with E-state index in [1.54, 1.807) is 6.07 Å². The van der Waals surface area contributed by atoms with Crippen LogP contribution >= 0.6 is 11.6 Å². The molecule has 0 N–H and O–H groups in total. The molecule has 1 aliphatic rings. The van der Waals surface area contributed by atoms with Crippen LogP contribution in [-0.4, -0.2) is 44.6 Å². The molecule has 0 bridgehead atoms. The molecule has 2 atom stereocenters. The van der Waals surface area contributed by atoms with Crippen LogP contribution in [0, 0.1) is 6.92 Å². The molecule has 7 heteroatoms. The van der Waals surface area contributed by atoms with Crippen molar-refractivity contribution in [3.05, 3.63) is 22.7 Å². The number of ether oxygens (including phenoxy) is 2. The Kier molecular flexibility index (Phi) is 5.94. The highest BCUT2D eigenvalue weighted by Crippen LogP contribution is 2.33. The maximum absolute atomic E-state index is 13.1. The van der Waals surface area contributed by atoms with E-state index in [0.717, 1.165) is 12.0 Å². The number of rotatable bonds is 5. The minimum absolute atomic E-state index is 0.128. The summed E-state index contributed by atoms with van der Waals surface area (Å²) in [6.07, 6.45) is 0.510. The molecule has 1 aliphatic heterocycles. The molecular formula is C16H24ClNO4S. The lowest BCUT2D eigenvalue weighted by Crippen LogP contribution is -2.48. The van der Waals surface area contributed by atoms with Gasteiger partial charge in [-0.05, 0) is 44.9 Å². The SMILES string of the molecule is CCCOc1cc(C)c(Cl)cc1S(=O)(=O)N1C[C@@H](C)O[C@H](C)C1. The lowest BCUT2D eigenvalue weighted by Gasteiger charge is -2.34. The molecule has 23 heavy (non-hydrogen) atoms. The third-order valence-electron chi connectivity index (χ3n) is 3.69. The Labute approximate surface area is 143 Å². The van der Waals surface area contributed by atoms with Crippen molar-refractivity contribution in [1.82, 2.24) is 4.31 Å². The summed E-state index contributed by atoms with van der Waals surface area (Å²) >= 11 is 6.16. The number of morpholine rings is 1. The standard InChI is InChI=1S/C16H24ClNO4S/c1-5-6-21-15-7-11(2)14(17)8-16(15)23(19,20)18-9-12(3)22-13(4)10-18/h7-8,12-13H,5-6,9-10H2,1-4H3/t12-,13-/m1/s1. The van der Waals surface area contributed by atoms with Crippen molar-refractivity contribution in [2.24, 2.45) is 0 Å². The molecule has 0 aliphatic carbocycles. The number of halogens is 1. The molecule has 1 aromatic rings. The van der Waals surface area contributed by atoms with Gasteiger partial charge in [0.1, 0.15) is 10.6 Å². The van der Waals surface area contributed by atoms with Crippen LogP contribution in [0.5, 0.6) is 5.75 Å². The van der Waals surface area contributed by atoms with E-state index in [4.69, 9.17) is 21.1 Å². The van der Waals surface area contributed by atoms with Crippen molar-refractivity contribution in [3.8, 4) is 5.75 Å². The van der Waals surface area contributed by atoms with Crippen LogP contribution in [-0.2, 0) is 14.8 Å². The Morgan fingerprint density at radius 1 is 1.30 bits per heavy atom. The maximum atomic E-state index is 13.1. The smallest absolute Gasteiger partial charge is 0.246 e. The minimum atomic E-state index is -3.68. The Morgan fingerprint density at radius 3 is 2.48 bits per heavy atom. The van der Waals surface area contributed by atoms with Crippen LogP contribution in [0.25, 0.3) is 0 Å². The van der Waals surface area contributed by atoms with Gasteiger partial charge in [0.15, 0.2) is 0 Å². The third-order valence-corrected chi connectivity index (χ3v) is 5.95. The summed E-state index contributed by atoms with van der Waals surface area (Å²) in [5.41, 5.74) is 0.792. The van der Waals surface area contributed by atoms with E-state index < -0.39 is 10.0 Å². The van der Waals surface area contributed by atoms with E-state index in [-0.39, 0.29) is 17.1 Å². The maximum Gasteiger partial charge on any atom is 0.246 e. The molecule has 2 rings (SSSR count). The number of nitrogens with zero attached hydrogens (tertiary/aromatic N) is 1. The van der Waals surface area contributed by atoms with Crippen LogP contribution in [0.2, 0.25) is 5.02 Å². The number of aryl methyl sites for hydroxylation is 1. The Bertz CT molecular complexity index is 652. The summed E-state index contributed by atoms with van der Waals surface area (Å²) in [7, 11) is -3.68. The largest absolute Gasteiger partial charge is 0.492 e. The van der Waals surface area contributed by atoms with Crippen molar-refractivity contribution in [2.75, 3.05) is 19.7 Å². The van der Waals surface area contributed by atoms with Crippen molar-refractivity contribution in [1.29, 1.82) is 0 Å². The van der Waals surface area contributed by atoms with Crippen LogP contribution in [0.4, 0.5) is 0 Å². The summed E-state index contributed by atoms with van der Waals surface area (Å²) in [6, 6.07) is 3.18. The van der Waals surface area contributed by atoms with Crippen molar-refractivity contribution >= 4 is 21.6 Å². The lowest BCUT2D eigenvalue weighted by atomic mass is 10.2. The molecule has 0 aromatic heterocycles. The number of hydrogen-bond acceptors (Lipinski definition) is 4. The first-order chi connectivity index (χ1) is 10.8. The number of sulfonamides is 1. The van der Waals surface area contributed by atoms with Crippen molar-refractivity contribution in [3.63, 3.8) is 0 Å². The van der Waals surface area contributed by atoms with Crippen molar-refractivity contribution in [2.45, 2.75) is 51.2 Å². The predicted octanol–water partition coefficient (Wildman–Crippen LogP) is 3.24. The van der Waals surface area contributed by atoms with Gasteiger partial charge in [0.2, 0.25) is 10.0 Å². The summed E-state index contributed by atoms with van der Waals surface area (Å²) in [5, 5.41) is 0.418. The summed E-state index contributed by atoms with van der Waals surface area (Å²) in [6.45, 7) is 8.65. The summed E-state index contributed by atoms with van der Waals surface area (Å²) < 4.78 is 38.8. The monoisotopic (exact) mass is 361 g/mol.